The molecule has 2 nitrogen and oxygen atoms in total. The van der Waals surface area contributed by atoms with E-state index in [1.165, 1.54) is 5.56 Å². The molecule has 1 aromatic carbocycles. The SMILES string of the molecule is CC(O)CC(C)(C)/C=C/COCc1ccccc1. The first-order chi connectivity index (χ1) is 8.49. The number of hydrogen-bond acceptors (Lipinski definition) is 2. The molecule has 0 saturated carbocycles. The van der Waals surface area contributed by atoms with E-state index in [1.807, 2.05) is 31.2 Å². The van der Waals surface area contributed by atoms with Crippen molar-refractivity contribution in [2.45, 2.75) is 39.9 Å². The van der Waals surface area contributed by atoms with Crippen LogP contribution in [0.5, 0.6) is 0 Å². The van der Waals surface area contributed by atoms with E-state index >= 15 is 0 Å². The largest absolute Gasteiger partial charge is 0.393 e. The highest BCUT2D eigenvalue weighted by molar-refractivity contribution is 5.13. The summed E-state index contributed by atoms with van der Waals surface area (Å²) in [5.41, 5.74) is 1.21. The van der Waals surface area contributed by atoms with Crippen molar-refractivity contribution in [3.05, 3.63) is 48.0 Å². The summed E-state index contributed by atoms with van der Waals surface area (Å²) in [5, 5.41) is 9.37. The molecule has 1 N–H and O–H groups in total. The van der Waals surface area contributed by atoms with Gasteiger partial charge in [0.2, 0.25) is 0 Å². The number of rotatable bonds is 7. The van der Waals surface area contributed by atoms with Gasteiger partial charge in [-0.2, -0.15) is 0 Å². The smallest absolute Gasteiger partial charge is 0.0721 e. The molecule has 0 bridgehead atoms. The van der Waals surface area contributed by atoms with Crippen LogP contribution in [0.3, 0.4) is 0 Å². The second-order valence-electron chi connectivity index (χ2n) is 5.44. The molecule has 0 aliphatic rings. The van der Waals surface area contributed by atoms with Gasteiger partial charge in [0.1, 0.15) is 0 Å². The van der Waals surface area contributed by atoms with Crippen LogP contribution in [0.15, 0.2) is 42.5 Å². The van der Waals surface area contributed by atoms with E-state index in [0.29, 0.717) is 13.2 Å². The maximum atomic E-state index is 9.37. The minimum absolute atomic E-state index is 0.0181. The summed E-state index contributed by atoms with van der Waals surface area (Å²) >= 11 is 0. The zero-order valence-corrected chi connectivity index (χ0v) is 11.6. The van der Waals surface area contributed by atoms with E-state index < -0.39 is 0 Å². The molecule has 1 aromatic rings. The maximum Gasteiger partial charge on any atom is 0.0721 e. The lowest BCUT2D eigenvalue weighted by molar-refractivity contribution is 0.141. The zero-order chi connectivity index (χ0) is 13.4. The van der Waals surface area contributed by atoms with Gasteiger partial charge in [0.05, 0.1) is 19.3 Å². The standard InChI is InChI=1S/C16H24O2/c1-14(17)12-16(2,3)10-7-11-18-13-15-8-5-4-6-9-15/h4-10,14,17H,11-13H2,1-3H3/b10-7+. The van der Waals surface area contributed by atoms with Crippen molar-refractivity contribution in [3.63, 3.8) is 0 Å². The van der Waals surface area contributed by atoms with Crippen LogP contribution in [0, 0.1) is 5.41 Å². The molecule has 0 heterocycles. The van der Waals surface area contributed by atoms with Crippen molar-refractivity contribution >= 4 is 0 Å². The topological polar surface area (TPSA) is 29.5 Å². The zero-order valence-electron chi connectivity index (χ0n) is 11.6. The number of hydrogen-bond donors (Lipinski definition) is 1. The molecular formula is C16H24O2. The quantitative estimate of drug-likeness (QED) is 0.590. The third-order valence-corrected chi connectivity index (χ3v) is 2.72. The van der Waals surface area contributed by atoms with Crippen LogP contribution in [0.1, 0.15) is 32.8 Å². The molecule has 100 valence electrons. The van der Waals surface area contributed by atoms with Crippen LogP contribution in [-0.4, -0.2) is 17.8 Å². The minimum Gasteiger partial charge on any atom is -0.393 e. The first kappa shape index (κ1) is 14.9. The summed E-state index contributed by atoms with van der Waals surface area (Å²) in [7, 11) is 0. The predicted molar refractivity (Wildman–Crippen MR) is 75.3 cm³/mol. The van der Waals surface area contributed by atoms with Gasteiger partial charge in [-0.25, -0.2) is 0 Å². The maximum absolute atomic E-state index is 9.37. The van der Waals surface area contributed by atoms with E-state index in [-0.39, 0.29) is 11.5 Å². The normalized spacial score (nSPS) is 14.0. The monoisotopic (exact) mass is 248 g/mol. The fourth-order valence-electron chi connectivity index (χ4n) is 2.02. The Bertz CT molecular complexity index is 353. The van der Waals surface area contributed by atoms with E-state index in [2.05, 4.69) is 32.1 Å². The van der Waals surface area contributed by atoms with E-state index in [1.54, 1.807) is 0 Å². The van der Waals surface area contributed by atoms with Gasteiger partial charge in [-0.1, -0.05) is 56.3 Å². The van der Waals surface area contributed by atoms with Crippen molar-refractivity contribution in [3.8, 4) is 0 Å². The second-order valence-corrected chi connectivity index (χ2v) is 5.44. The number of aliphatic hydroxyl groups excluding tert-OH is 1. The summed E-state index contributed by atoms with van der Waals surface area (Å²) in [6.45, 7) is 7.31. The van der Waals surface area contributed by atoms with Gasteiger partial charge < -0.3 is 9.84 Å². The van der Waals surface area contributed by atoms with E-state index in [9.17, 15) is 5.11 Å². The van der Waals surface area contributed by atoms with Crippen molar-refractivity contribution < 1.29 is 9.84 Å². The molecular weight excluding hydrogens is 224 g/mol. The van der Waals surface area contributed by atoms with Gasteiger partial charge in [0, 0.05) is 0 Å². The second kappa shape index (κ2) is 7.34. The first-order valence-electron chi connectivity index (χ1n) is 6.47. The Morgan fingerprint density at radius 1 is 1.28 bits per heavy atom. The van der Waals surface area contributed by atoms with Gasteiger partial charge >= 0.3 is 0 Å². The number of aliphatic hydroxyl groups is 1. The fourth-order valence-corrected chi connectivity index (χ4v) is 2.02. The van der Waals surface area contributed by atoms with Crippen LogP contribution >= 0.6 is 0 Å². The molecule has 0 saturated heterocycles. The van der Waals surface area contributed by atoms with E-state index in [0.717, 1.165) is 6.42 Å². The lowest BCUT2D eigenvalue weighted by Crippen LogP contribution is -2.15. The molecule has 0 amide bonds. The molecule has 18 heavy (non-hydrogen) atoms. The lowest BCUT2D eigenvalue weighted by Gasteiger charge is -2.21. The minimum atomic E-state index is -0.269. The summed E-state index contributed by atoms with van der Waals surface area (Å²) in [6.07, 6.45) is 4.65. The Labute approximate surface area is 110 Å². The van der Waals surface area contributed by atoms with Crippen LogP contribution in [0.2, 0.25) is 0 Å². The Kier molecular flexibility index (Phi) is 6.10. The summed E-state index contributed by atoms with van der Waals surface area (Å²) in [5.74, 6) is 0. The Hall–Kier alpha value is -1.12. The van der Waals surface area contributed by atoms with Crippen molar-refractivity contribution in [1.29, 1.82) is 0 Å². The molecule has 0 radical (unpaired) electrons. The highest BCUT2D eigenvalue weighted by Crippen LogP contribution is 2.23. The number of ether oxygens (including phenoxy) is 1. The highest BCUT2D eigenvalue weighted by atomic mass is 16.5. The van der Waals surface area contributed by atoms with Gasteiger partial charge in [-0.05, 0) is 24.3 Å². The van der Waals surface area contributed by atoms with E-state index in [4.69, 9.17) is 4.74 Å². The summed E-state index contributed by atoms with van der Waals surface area (Å²) in [4.78, 5) is 0. The predicted octanol–water partition coefficient (Wildman–Crippen LogP) is 3.56. The van der Waals surface area contributed by atoms with Crippen molar-refractivity contribution in [2.75, 3.05) is 6.61 Å². The first-order valence-corrected chi connectivity index (χ1v) is 6.47. The highest BCUT2D eigenvalue weighted by Gasteiger charge is 2.15. The van der Waals surface area contributed by atoms with Gasteiger partial charge in [-0.15, -0.1) is 0 Å². The Balaban J connectivity index is 2.25. The fraction of sp³-hybridized carbons (Fsp3) is 0.500. The molecule has 2 heteroatoms. The number of benzene rings is 1. The molecule has 1 atom stereocenters. The third-order valence-electron chi connectivity index (χ3n) is 2.72. The van der Waals surface area contributed by atoms with Gasteiger partial charge in [0.25, 0.3) is 0 Å². The average molecular weight is 248 g/mol. The lowest BCUT2D eigenvalue weighted by atomic mass is 9.87. The van der Waals surface area contributed by atoms with Crippen LogP contribution in [-0.2, 0) is 11.3 Å². The van der Waals surface area contributed by atoms with Gasteiger partial charge in [-0.3, -0.25) is 0 Å². The molecule has 0 aromatic heterocycles. The molecule has 0 aliphatic heterocycles. The molecule has 1 unspecified atom stereocenters. The summed E-state index contributed by atoms with van der Waals surface area (Å²) in [6, 6.07) is 10.1. The van der Waals surface area contributed by atoms with Crippen LogP contribution in [0.25, 0.3) is 0 Å². The molecule has 0 aliphatic carbocycles. The van der Waals surface area contributed by atoms with Crippen LogP contribution in [0.4, 0.5) is 0 Å². The van der Waals surface area contributed by atoms with Crippen molar-refractivity contribution in [1.82, 2.24) is 0 Å². The Morgan fingerprint density at radius 3 is 2.56 bits per heavy atom. The average Bonchev–Trinajstić information content (AvgIpc) is 2.28. The molecule has 0 fully saturated rings. The van der Waals surface area contributed by atoms with Gasteiger partial charge in [0.15, 0.2) is 0 Å². The van der Waals surface area contributed by atoms with Crippen LogP contribution < -0.4 is 0 Å². The number of allylic oxidation sites excluding steroid dienone is 1. The Morgan fingerprint density at radius 2 is 1.94 bits per heavy atom. The third kappa shape index (κ3) is 6.58. The summed E-state index contributed by atoms with van der Waals surface area (Å²) < 4.78 is 5.57. The molecule has 0 spiro atoms. The molecule has 1 rings (SSSR count). The van der Waals surface area contributed by atoms with Crippen molar-refractivity contribution in [2.24, 2.45) is 5.41 Å².